The number of amidine groups is 1. The van der Waals surface area contributed by atoms with Gasteiger partial charge in [-0.1, -0.05) is 35.5 Å². The molecule has 0 aromatic heterocycles. The molecule has 0 atom stereocenters. The van der Waals surface area contributed by atoms with Gasteiger partial charge in [-0.25, -0.2) is 4.79 Å². The average Bonchev–Trinajstić information content (AvgIpc) is 3.43. The van der Waals surface area contributed by atoms with E-state index in [1.165, 1.54) is 12.8 Å². The van der Waals surface area contributed by atoms with Crippen LogP contribution in [0.5, 0.6) is 0 Å². The Labute approximate surface area is 155 Å². The number of nitrogens with zero attached hydrogens (tertiary/aromatic N) is 3. The molecule has 0 spiro atoms. The van der Waals surface area contributed by atoms with Gasteiger partial charge >= 0.3 is 6.09 Å². The molecule has 1 aromatic rings. The average molecular weight is 359 g/mol. The standard InChI is InChI=1S/C20H29N3O3/c1-20(2,3)26-19(24)23-13-11-22(12-14-23)18(17-7-5-4-6-8-17)21-25-15-16-9-10-16/h4-8,16H,9-15H2,1-3H3/b21-18+. The van der Waals surface area contributed by atoms with Crippen molar-refractivity contribution in [2.75, 3.05) is 32.8 Å². The van der Waals surface area contributed by atoms with Crippen LogP contribution < -0.4 is 0 Å². The highest BCUT2D eigenvalue weighted by Crippen LogP contribution is 2.29. The molecule has 1 aliphatic carbocycles. The smallest absolute Gasteiger partial charge is 0.410 e. The Morgan fingerprint density at radius 1 is 1.08 bits per heavy atom. The highest BCUT2D eigenvalue weighted by atomic mass is 16.6. The van der Waals surface area contributed by atoms with E-state index in [2.05, 4.69) is 10.1 Å². The maximum Gasteiger partial charge on any atom is 0.410 e. The fourth-order valence-corrected chi connectivity index (χ4v) is 2.80. The Hall–Kier alpha value is -2.24. The van der Waals surface area contributed by atoms with Crippen molar-refractivity contribution in [2.24, 2.45) is 11.1 Å². The first-order chi connectivity index (χ1) is 12.4. The summed E-state index contributed by atoms with van der Waals surface area (Å²) in [5.41, 5.74) is 0.565. The van der Waals surface area contributed by atoms with Gasteiger partial charge in [0.1, 0.15) is 12.2 Å². The minimum absolute atomic E-state index is 0.250. The van der Waals surface area contributed by atoms with Crippen LogP contribution in [0.25, 0.3) is 0 Å². The molecule has 0 radical (unpaired) electrons. The van der Waals surface area contributed by atoms with E-state index in [0.717, 1.165) is 11.4 Å². The quantitative estimate of drug-likeness (QED) is 0.470. The Morgan fingerprint density at radius 3 is 2.27 bits per heavy atom. The number of oxime groups is 1. The fourth-order valence-electron chi connectivity index (χ4n) is 2.80. The number of ether oxygens (including phenoxy) is 1. The van der Waals surface area contributed by atoms with Crippen molar-refractivity contribution >= 4 is 11.9 Å². The number of carbonyl (C=O) groups is 1. The number of carbonyl (C=O) groups excluding carboxylic acids is 1. The lowest BCUT2D eigenvalue weighted by Crippen LogP contribution is -2.51. The third-order valence-corrected chi connectivity index (χ3v) is 4.42. The van der Waals surface area contributed by atoms with Gasteiger partial charge in [0.25, 0.3) is 0 Å². The number of hydrogen-bond acceptors (Lipinski definition) is 4. The molecule has 0 N–H and O–H groups in total. The van der Waals surface area contributed by atoms with Gasteiger partial charge in [-0.15, -0.1) is 0 Å². The summed E-state index contributed by atoms with van der Waals surface area (Å²) in [6.45, 7) is 9.00. The van der Waals surface area contributed by atoms with Crippen LogP contribution in [0.4, 0.5) is 4.79 Å². The van der Waals surface area contributed by atoms with Crippen molar-refractivity contribution < 1.29 is 14.4 Å². The fraction of sp³-hybridized carbons (Fsp3) is 0.600. The number of benzene rings is 1. The van der Waals surface area contributed by atoms with Crippen molar-refractivity contribution in [1.29, 1.82) is 0 Å². The largest absolute Gasteiger partial charge is 0.444 e. The Morgan fingerprint density at radius 2 is 1.69 bits per heavy atom. The van der Waals surface area contributed by atoms with E-state index in [9.17, 15) is 4.79 Å². The molecular weight excluding hydrogens is 330 g/mol. The van der Waals surface area contributed by atoms with Crippen LogP contribution in [0, 0.1) is 5.92 Å². The molecular formula is C20H29N3O3. The van der Waals surface area contributed by atoms with Crippen LogP contribution in [0.1, 0.15) is 39.2 Å². The molecule has 2 fully saturated rings. The molecule has 1 saturated carbocycles. The second kappa shape index (κ2) is 7.98. The molecule has 142 valence electrons. The van der Waals surface area contributed by atoms with Gasteiger partial charge in [-0.2, -0.15) is 0 Å². The minimum atomic E-state index is -0.471. The summed E-state index contributed by atoms with van der Waals surface area (Å²) in [5, 5.41) is 4.43. The second-order valence-corrected chi connectivity index (χ2v) is 7.97. The zero-order chi connectivity index (χ0) is 18.6. The van der Waals surface area contributed by atoms with E-state index in [4.69, 9.17) is 9.57 Å². The summed E-state index contributed by atoms with van der Waals surface area (Å²) < 4.78 is 5.47. The van der Waals surface area contributed by atoms with Crippen LogP contribution in [0.2, 0.25) is 0 Å². The van der Waals surface area contributed by atoms with Gasteiger partial charge in [-0.3, -0.25) is 0 Å². The van der Waals surface area contributed by atoms with Crippen molar-refractivity contribution in [3.05, 3.63) is 35.9 Å². The molecule has 0 unspecified atom stereocenters. The summed E-state index contributed by atoms with van der Waals surface area (Å²) >= 11 is 0. The molecule has 0 bridgehead atoms. The van der Waals surface area contributed by atoms with Crippen molar-refractivity contribution in [3.8, 4) is 0 Å². The predicted molar refractivity (Wildman–Crippen MR) is 101 cm³/mol. The molecule has 1 saturated heterocycles. The Balaban J connectivity index is 1.62. The topological polar surface area (TPSA) is 54.4 Å². The first-order valence-electron chi connectivity index (χ1n) is 9.40. The van der Waals surface area contributed by atoms with E-state index < -0.39 is 5.60 Å². The molecule has 1 amide bonds. The predicted octanol–water partition coefficient (Wildman–Crippen LogP) is 3.33. The normalized spacial score (nSPS) is 18.7. The minimum Gasteiger partial charge on any atom is -0.444 e. The number of piperazine rings is 1. The van der Waals surface area contributed by atoms with Gasteiger partial charge in [0, 0.05) is 31.7 Å². The third-order valence-electron chi connectivity index (χ3n) is 4.42. The zero-order valence-electron chi connectivity index (χ0n) is 16.0. The lowest BCUT2D eigenvalue weighted by atomic mass is 10.1. The van der Waals surface area contributed by atoms with Gasteiger partial charge < -0.3 is 19.4 Å². The molecule has 1 heterocycles. The van der Waals surface area contributed by atoms with Gasteiger partial charge in [0.15, 0.2) is 5.84 Å². The number of hydrogen-bond donors (Lipinski definition) is 0. The summed E-state index contributed by atoms with van der Waals surface area (Å²) in [6, 6.07) is 10.1. The molecule has 3 rings (SSSR count). The molecule has 1 aliphatic heterocycles. The summed E-state index contributed by atoms with van der Waals surface area (Å²) in [4.78, 5) is 21.8. The molecule has 26 heavy (non-hydrogen) atoms. The van der Waals surface area contributed by atoms with E-state index in [1.807, 2.05) is 51.1 Å². The third kappa shape index (κ3) is 5.38. The highest BCUT2D eigenvalue weighted by Gasteiger charge is 2.28. The first-order valence-corrected chi connectivity index (χ1v) is 9.40. The van der Waals surface area contributed by atoms with E-state index in [-0.39, 0.29) is 6.09 Å². The maximum absolute atomic E-state index is 12.2. The van der Waals surface area contributed by atoms with Crippen molar-refractivity contribution in [1.82, 2.24) is 9.80 Å². The molecule has 2 aliphatic rings. The molecule has 1 aromatic carbocycles. The SMILES string of the molecule is CC(C)(C)OC(=O)N1CCN(/C(=N/OCC2CC2)c2ccccc2)CC1. The van der Waals surface area contributed by atoms with E-state index >= 15 is 0 Å². The lowest BCUT2D eigenvalue weighted by Gasteiger charge is -2.36. The van der Waals surface area contributed by atoms with Crippen LogP contribution in [-0.2, 0) is 9.57 Å². The second-order valence-electron chi connectivity index (χ2n) is 7.97. The lowest BCUT2D eigenvalue weighted by molar-refractivity contribution is 0.0184. The number of rotatable bonds is 4. The summed E-state index contributed by atoms with van der Waals surface area (Å²) in [6.07, 6.45) is 2.23. The van der Waals surface area contributed by atoms with Crippen LogP contribution in [0.3, 0.4) is 0 Å². The number of amides is 1. The molecule has 6 heteroatoms. The van der Waals surface area contributed by atoms with E-state index in [1.54, 1.807) is 4.90 Å². The monoisotopic (exact) mass is 359 g/mol. The maximum atomic E-state index is 12.2. The Bertz CT molecular complexity index is 627. The Kier molecular flexibility index (Phi) is 5.69. The van der Waals surface area contributed by atoms with Crippen LogP contribution >= 0.6 is 0 Å². The van der Waals surface area contributed by atoms with Crippen LogP contribution in [-0.4, -0.2) is 60.1 Å². The van der Waals surface area contributed by atoms with Gasteiger partial charge in [-0.05, 0) is 39.5 Å². The highest BCUT2D eigenvalue weighted by molar-refractivity contribution is 5.98. The first kappa shape index (κ1) is 18.5. The molecule has 6 nitrogen and oxygen atoms in total. The zero-order valence-corrected chi connectivity index (χ0v) is 16.0. The summed E-state index contributed by atoms with van der Waals surface area (Å²) in [7, 11) is 0. The van der Waals surface area contributed by atoms with Crippen LogP contribution in [0.15, 0.2) is 35.5 Å². The van der Waals surface area contributed by atoms with Crippen molar-refractivity contribution in [3.63, 3.8) is 0 Å². The summed E-state index contributed by atoms with van der Waals surface area (Å²) in [5.74, 6) is 1.51. The van der Waals surface area contributed by atoms with Gasteiger partial charge in [0.05, 0.1) is 0 Å². The van der Waals surface area contributed by atoms with E-state index in [0.29, 0.717) is 38.7 Å². The van der Waals surface area contributed by atoms with Gasteiger partial charge in [0.2, 0.25) is 0 Å². The van der Waals surface area contributed by atoms with Crippen molar-refractivity contribution in [2.45, 2.75) is 39.2 Å².